The van der Waals surface area contributed by atoms with Crippen molar-refractivity contribution >= 4 is 29.5 Å². The Balaban J connectivity index is 1.97. The molecule has 1 aliphatic rings. The maximum absolute atomic E-state index is 14.0. The predicted octanol–water partition coefficient (Wildman–Crippen LogP) is 1.78. The summed E-state index contributed by atoms with van der Waals surface area (Å²) in [6, 6.07) is -0.830. The summed E-state index contributed by atoms with van der Waals surface area (Å²) < 4.78 is 59.6. The van der Waals surface area contributed by atoms with Crippen molar-refractivity contribution in [3.05, 3.63) is 41.1 Å². The Morgan fingerprint density at radius 1 is 1.16 bits per heavy atom. The molecule has 9 nitrogen and oxygen atoms in total. The highest BCUT2D eigenvalue weighted by Gasteiger charge is 2.32. The van der Waals surface area contributed by atoms with Crippen LogP contribution in [0.25, 0.3) is 0 Å². The fraction of sp³-hybridized carbons (Fsp3) is 0.368. The molecule has 0 unspecified atom stereocenters. The van der Waals surface area contributed by atoms with E-state index in [1.165, 1.54) is 0 Å². The lowest BCUT2D eigenvalue weighted by atomic mass is 10.1. The standard InChI is InChI=1S/C19H20F4N4O5/c1-9(2)5-6-24-19(31)25-13(28)8-32-18(30)12-3-4-14(29)27(26-12)17-15(22)10(20)7-11(21)16(17)23/h3,7,9,26H,4-6,8H2,1-2H3,(H2,24,25,28,31). The molecule has 0 aromatic heterocycles. The normalized spacial score (nSPS) is 13.4. The van der Waals surface area contributed by atoms with E-state index in [9.17, 15) is 36.7 Å². The van der Waals surface area contributed by atoms with Gasteiger partial charge in [0.1, 0.15) is 11.4 Å². The molecule has 1 aromatic rings. The number of urea groups is 1. The van der Waals surface area contributed by atoms with Crippen molar-refractivity contribution < 1.29 is 41.5 Å². The second-order valence-corrected chi connectivity index (χ2v) is 7.04. The van der Waals surface area contributed by atoms with Gasteiger partial charge < -0.3 is 10.1 Å². The number of imide groups is 1. The highest BCUT2D eigenvalue weighted by Crippen LogP contribution is 2.29. The largest absolute Gasteiger partial charge is 0.451 e. The summed E-state index contributed by atoms with van der Waals surface area (Å²) in [5.74, 6) is -10.1. The molecule has 1 aliphatic heterocycles. The average molecular weight is 460 g/mol. The third-order valence-corrected chi connectivity index (χ3v) is 4.09. The molecular formula is C19H20F4N4O5. The zero-order chi connectivity index (χ0) is 24.0. The lowest BCUT2D eigenvalue weighted by Crippen LogP contribution is -2.48. The van der Waals surface area contributed by atoms with Gasteiger partial charge in [-0.05, 0) is 18.4 Å². The van der Waals surface area contributed by atoms with E-state index in [1.807, 2.05) is 24.6 Å². The summed E-state index contributed by atoms with van der Waals surface area (Å²) in [5.41, 5.74) is 0.0914. The minimum absolute atomic E-state index is 0.0365. The van der Waals surface area contributed by atoms with Gasteiger partial charge in [-0.1, -0.05) is 13.8 Å². The topological polar surface area (TPSA) is 117 Å². The van der Waals surface area contributed by atoms with Gasteiger partial charge >= 0.3 is 12.0 Å². The van der Waals surface area contributed by atoms with Gasteiger partial charge in [-0.25, -0.2) is 32.2 Å². The molecule has 0 aliphatic carbocycles. The van der Waals surface area contributed by atoms with Crippen LogP contribution < -0.4 is 21.1 Å². The van der Waals surface area contributed by atoms with E-state index in [0.717, 1.165) is 6.08 Å². The van der Waals surface area contributed by atoms with Gasteiger partial charge in [0.25, 0.3) is 5.91 Å². The SMILES string of the molecule is CC(C)CCNC(=O)NC(=O)COC(=O)C1=CCC(=O)N(c2c(F)c(F)cc(F)c2F)N1. The zero-order valence-electron chi connectivity index (χ0n) is 17.1. The molecule has 32 heavy (non-hydrogen) atoms. The molecule has 0 bridgehead atoms. The molecule has 4 amide bonds. The van der Waals surface area contributed by atoms with Gasteiger partial charge in [0.15, 0.2) is 29.9 Å². The maximum Gasteiger partial charge on any atom is 0.356 e. The highest BCUT2D eigenvalue weighted by molar-refractivity contribution is 6.00. The summed E-state index contributed by atoms with van der Waals surface area (Å²) in [6.45, 7) is 3.33. The van der Waals surface area contributed by atoms with E-state index < -0.39 is 71.5 Å². The Labute approximate surface area is 179 Å². The monoisotopic (exact) mass is 460 g/mol. The number of carbonyl (C=O) groups is 4. The fourth-order valence-corrected chi connectivity index (χ4v) is 2.47. The molecule has 2 rings (SSSR count). The number of amides is 4. The van der Waals surface area contributed by atoms with Gasteiger partial charge in [0.05, 0.1) is 0 Å². The number of esters is 1. The minimum atomic E-state index is -1.86. The third kappa shape index (κ3) is 6.18. The van der Waals surface area contributed by atoms with Crippen LogP contribution in [0.4, 0.5) is 28.0 Å². The molecule has 1 heterocycles. The fourth-order valence-electron chi connectivity index (χ4n) is 2.47. The van der Waals surface area contributed by atoms with Crippen LogP contribution in [0.1, 0.15) is 26.7 Å². The number of ether oxygens (including phenoxy) is 1. The smallest absolute Gasteiger partial charge is 0.356 e. The van der Waals surface area contributed by atoms with E-state index in [4.69, 9.17) is 0 Å². The first kappa shape index (κ1) is 24.6. The Bertz CT molecular complexity index is 941. The highest BCUT2D eigenvalue weighted by atomic mass is 19.2. The van der Waals surface area contributed by atoms with E-state index in [-0.39, 0.29) is 11.1 Å². The molecule has 13 heteroatoms. The summed E-state index contributed by atoms with van der Waals surface area (Å²) in [6.07, 6.45) is 1.10. The van der Waals surface area contributed by atoms with Gasteiger partial charge in [0.2, 0.25) is 5.91 Å². The Morgan fingerprint density at radius 2 is 1.78 bits per heavy atom. The van der Waals surface area contributed by atoms with Crippen molar-refractivity contribution in [3.63, 3.8) is 0 Å². The van der Waals surface area contributed by atoms with Crippen LogP contribution in [0.2, 0.25) is 0 Å². The molecule has 3 N–H and O–H groups in total. The summed E-state index contributed by atoms with van der Waals surface area (Å²) in [7, 11) is 0. The second-order valence-electron chi connectivity index (χ2n) is 7.04. The molecule has 174 valence electrons. The Kier molecular flexibility index (Phi) is 8.15. The molecule has 0 fully saturated rings. The number of carbonyl (C=O) groups excluding carboxylic acids is 4. The molecule has 0 spiro atoms. The van der Waals surface area contributed by atoms with E-state index >= 15 is 0 Å². The molecule has 0 radical (unpaired) electrons. The summed E-state index contributed by atoms with van der Waals surface area (Å²) >= 11 is 0. The van der Waals surface area contributed by atoms with Crippen LogP contribution in [-0.2, 0) is 19.1 Å². The number of halogens is 4. The molecule has 1 aromatic carbocycles. The van der Waals surface area contributed by atoms with Crippen LogP contribution >= 0.6 is 0 Å². The van der Waals surface area contributed by atoms with Crippen molar-refractivity contribution in [2.24, 2.45) is 5.92 Å². The van der Waals surface area contributed by atoms with Gasteiger partial charge in [-0.3, -0.25) is 20.3 Å². The van der Waals surface area contributed by atoms with Crippen molar-refractivity contribution in [2.45, 2.75) is 26.7 Å². The lowest BCUT2D eigenvalue weighted by Gasteiger charge is -2.28. The van der Waals surface area contributed by atoms with Crippen LogP contribution in [0.15, 0.2) is 17.8 Å². The second kappa shape index (κ2) is 10.6. The first-order chi connectivity index (χ1) is 15.0. The van der Waals surface area contributed by atoms with E-state index in [0.29, 0.717) is 18.9 Å². The van der Waals surface area contributed by atoms with E-state index in [2.05, 4.69) is 10.1 Å². The van der Waals surface area contributed by atoms with Crippen molar-refractivity contribution in [3.8, 4) is 0 Å². The average Bonchev–Trinajstić information content (AvgIpc) is 2.71. The molecular weight excluding hydrogens is 440 g/mol. The third-order valence-electron chi connectivity index (χ3n) is 4.09. The van der Waals surface area contributed by atoms with Crippen LogP contribution in [-0.4, -0.2) is 37.0 Å². The van der Waals surface area contributed by atoms with Gasteiger partial charge in [-0.2, -0.15) is 0 Å². The van der Waals surface area contributed by atoms with Gasteiger partial charge in [0, 0.05) is 19.0 Å². The van der Waals surface area contributed by atoms with Crippen molar-refractivity contribution in [1.29, 1.82) is 0 Å². The number of nitrogens with zero attached hydrogens (tertiary/aromatic N) is 1. The molecule has 0 saturated carbocycles. The predicted molar refractivity (Wildman–Crippen MR) is 102 cm³/mol. The summed E-state index contributed by atoms with van der Waals surface area (Å²) in [5, 5.41) is 4.48. The quantitative estimate of drug-likeness (QED) is 0.325. The maximum atomic E-state index is 14.0. The molecule has 0 saturated heterocycles. The number of nitrogens with one attached hydrogen (secondary N) is 3. The zero-order valence-corrected chi connectivity index (χ0v) is 17.1. The number of benzene rings is 1. The number of anilines is 1. The Morgan fingerprint density at radius 3 is 2.38 bits per heavy atom. The number of rotatable bonds is 7. The van der Waals surface area contributed by atoms with E-state index in [1.54, 1.807) is 0 Å². The Hall–Kier alpha value is -3.64. The first-order valence-corrected chi connectivity index (χ1v) is 9.38. The summed E-state index contributed by atoms with van der Waals surface area (Å²) in [4.78, 5) is 47.4. The van der Waals surface area contributed by atoms with Crippen LogP contribution in [0.5, 0.6) is 0 Å². The van der Waals surface area contributed by atoms with Crippen molar-refractivity contribution in [2.75, 3.05) is 18.2 Å². The number of hydrazine groups is 1. The lowest BCUT2D eigenvalue weighted by molar-refractivity contribution is -0.145. The number of hydrogen-bond acceptors (Lipinski definition) is 6. The van der Waals surface area contributed by atoms with Gasteiger partial charge in [-0.15, -0.1) is 0 Å². The minimum Gasteiger partial charge on any atom is -0.451 e. The van der Waals surface area contributed by atoms with Crippen LogP contribution in [0.3, 0.4) is 0 Å². The number of hydrogen-bond donors (Lipinski definition) is 3. The van der Waals surface area contributed by atoms with Crippen LogP contribution in [0, 0.1) is 29.2 Å². The van der Waals surface area contributed by atoms with Crippen molar-refractivity contribution in [1.82, 2.24) is 16.1 Å². The molecule has 0 atom stereocenters. The first-order valence-electron chi connectivity index (χ1n) is 9.38.